The molecule has 3 amide bonds. The smallest absolute Gasteiger partial charge is 0.417 e. The number of fused-ring (bicyclic) bond motifs is 3. The lowest BCUT2D eigenvalue weighted by Gasteiger charge is -2.27. The summed E-state index contributed by atoms with van der Waals surface area (Å²) in [7, 11) is 0. The Morgan fingerprint density at radius 2 is 1.97 bits per heavy atom. The van der Waals surface area contributed by atoms with E-state index in [0.717, 1.165) is 11.1 Å². The number of hydrogen-bond acceptors (Lipinski definition) is 5. The summed E-state index contributed by atoms with van der Waals surface area (Å²) in [5, 5.41) is 0. The Labute approximate surface area is 187 Å². The van der Waals surface area contributed by atoms with Crippen molar-refractivity contribution in [3.05, 3.63) is 58.9 Å². The van der Waals surface area contributed by atoms with Crippen LogP contribution in [-0.2, 0) is 25.5 Å². The van der Waals surface area contributed by atoms with Gasteiger partial charge in [-0.3, -0.25) is 14.5 Å². The number of carbonyl (C=O) groups is 3. The highest BCUT2D eigenvalue weighted by Crippen LogP contribution is 2.50. The van der Waals surface area contributed by atoms with Crippen molar-refractivity contribution in [2.24, 2.45) is 5.92 Å². The predicted molar refractivity (Wildman–Crippen MR) is 117 cm³/mol. The molecule has 1 aliphatic carbocycles. The first-order valence-corrected chi connectivity index (χ1v) is 10.5. The fourth-order valence-electron chi connectivity index (χ4n) is 4.48. The number of terminal acetylenes is 1. The fourth-order valence-corrected chi connectivity index (χ4v) is 4.48. The quantitative estimate of drug-likeness (QED) is 0.414. The lowest BCUT2D eigenvalue weighted by Crippen LogP contribution is -2.39. The van der Waals surface area contributed by atoms with Crippen LogP contribution in [0.4, 0.5) is 4.79 Å². The molecule has 0 aromatic heterocycles. The maximum absolute atomic E-state index is 13.3. The Morgan fingerprint density at radius 3 is 2.66 bits per heavy atom. The van der Waals surface area contributed by atoms with E-state index in [-0.39, 0.29) is 18.4 Å². The number of imide groups is 1. The van der Waals surface area contributed by atoms with Crippen molar-refractivity contribution < 1.29 is 23.9 Å². The molecule has 1 saturated heterocycles. The average Bonchev–Trinajstić information content (AvgIpc) is 3.30. The normalized spacial score (nSPS) is 25.5. The minimum Gasteiger partial charge on any atom is -0.474 e. The van der Waals surface area contributed by atoms with Gasteiger partial charge < -0.3 is 9.47 Å². The molecular weight excluding hydrogens is 408 g/mol. The molecule has 2 heterocycles. The fraction of sp³-hybridized carbons (Fsp3) is 0.400. The maximum atomic E-state index is 13.3. The van der Waals surface area contributed by atoms with E-state index in [1.165, 1.54) is 16.1 Å². The van der Waals surface area contributed by atoms with Gasteiger partial charge in [-0.1, -0.05) is 30.2 Å². The molecule has 0 N–H and O–H groups in total. The molecule has 3 atom stereocenters. The van der Waals surface area contributed by atoms with Gasteiger partial charge in [0.25, 0.3) is 11.8 Å². The zero-order valence-electron chi connectivity index (χ0n) is 18.6. The van der Waals surface area contributed by atoms with Crippen molar-refractivity contribution in [3.63, 3.8) is 0 Å². The third kappa shape index (κ3) is 3.66. The Kier molecular flexibility index (Phi) is 5.33. The second-order valence-corrected chi connectivity index (χ2v) is 9.20. The van der Waals surface area contributed by atoms with Crippen LogP contribution in [0.1, 0.15) is 44.9 Å². The van der Waals surface area contributed by atoms with Crippen molar-refractivity contribution in [1.29, 1.82) is 0 Å². The van der Waals surface area contributed by atoms with Crippen LogP contribution in [0.2, 0.25) is 0 Å². The summed E-state index contributed by atoms with van der Waals surface area (Å²) in [6, 6.07) is 7.32. The monoisotopic (exact) mass is 434 g/mol. The third-order valence-electron chi connectivity index (χ3n) is 5.82. The molecule has 3 aliphatic rings. The largest absolute Gasteiger partial charge is 0.474 e. The van der Waals surface area contributed by atoms with Gasteiger partial charge in [0.05, 0.1) is 24.4 Å². The maximum Gasteiger partial charge on any atom is 0.417 e. The van der Waals surface area contributed by atoms with Crippen molar-refractivity contribution in [1.82, 2.24) is 9.80 Å². The minimum absolute atomic E-state index is 0.0932. The molecule has 0 saturated carbocycles. The van der Waals surface area contributed by atoms with E-state index >= 15 is 0 Å². The summed E-state index contributed by atoms with van der Waals surface area (Å²) in [5.74, 6) is 1.55. The van der Waals surface area contributed by atoms with Gasteiger partial charge in [0.2, 0.25) is 0 Å². The molecule has 7 heteroatoms. The molecule has 3 unspecified atom stereocenters. The molecular formula is C25H26N2O5. The van der Waals surface area contributed by atoms with E-state index in [0.29, 0.717) is 17.6 Å². The predicted octanol–water partition coefficient (Wildman–Crippen LogP) is 3.33. The number of amides is 3. The molecule has 1 aromatic rings. The molecule has 4 rings (SSSR count). The van der Waals surface area contributed by atoms with Crippen molar-refractivity contribution in [3.8, 4) is 12.3 Å². The van der Waals surface area contributed by atoms with Crippen molar-refractivity contribution in [2.75, 3.05) is 6.54 Å². The van der Waals surface area contributed by atoms with Crippen molar-refractivity contribution >= 4 is 17.9 Å². The van der Waals surface area contributed by atoms with Crippen LogP contribution < -0.4 is 0 Å². The molecule has 166 valence electrons. The summed E-state index contributed by atoms with van der Waals surface area (Å²) in [6.45, 7) is 7.07. The number of ether oxygens (including phenoxy) is 2. The zero-order chi connectivity index (χ0) is 23.2. The van der Waals surface area contributed by atoms with E-state index in [4.69, 9.17) is 15.9 Å². The summed E-state index contributed by atoms with van der Waals surface area (Å²) >= 11 is 0. The van der Waals surface area contributed by atoms with Crippen LogP contribution >= 0.6 is 0 Å². The highest BCUT2D eigenvalue weighted by Gasteiger charge is 2.53. The van der Waals surface area contributed by atoms with Crippen LogP contribution in [0.3, 0.4) is 0 Å². The van der Waals surface area contributed by atoms with Gasteiger partial charge in [-0.05, 0) is 51.3 Å². The van der Waals surface area contributed by atoms with E-state index in [1.54, 1.807) is 33.8 Å². The SMILES string of the molecule is C#CCN1C(=O)C(C)=CC1O/C=C1/C(=O)N(C(=O)OC(C)(C)C)C2c3ccccc3CC12. The van der Waals surface area contributed by atoms with E-state index in [1.807, 2.05) is 24.3 Å². The minimum atomic E-state index is -0.740. The standard InChI is InChI=1S/C25H26N2O5/c1-6-11-26-20(12-15(2)22(26)28)31-14-19-18-13-16-9-7-8-10-17(16)21(18)27(23(19)29)24(30)32-25(3,4)5/h1,7-10,12,14,18,20-21H,11,13H2,2-5H3/b19-14+. The number of rotatable bonds is 3. The van der Waals surface area contributed by atoms with Crippen LogP contribution in [-0.4, -0.2) is 46.1 Å². The van der Waals surface area contributed by atoms with Gasteiger partial charge in [0.1, 0.15) is 5.60 Å². The summed E-state index contributed by atoms with van der Waals surface area (Å²) < 4.78 is 11.4. The lowest BCUT2D eigenvalue weighted by molar-refractivity contribution is -0.131. The van der Waals surface area contributed by atoms with Gasteiger partial charge >= 0.3 is 6.09 Å². The molecule has 1 aromatic carbocycles. The number of benzene rings is 1. The molecule has 7 nitrogen and oxygen atoms in total. The van der Waals surface area contributed by atoms with Gasteiger partial charge in [0.15, 0.2) is 6.23 Å². The van der Waals surface area contributed by atoms with Gasteiger partial charge in [-0.2, -0.15) is 0 Å². The first-order chi connectivity index (χ1) is 15.1. The Bertz CT molecular complexity index is 1090. The molecule has 0 radical (unpaired) electrons. The second-order valence-electron chi connectivity index (χ2n) is 9.20. The lowest BCUT2D eigenvalue weighted by atomic mass is 9.97. The first kappa shape index (κ1) is 21.7. The van der Waals surface area contributed by atoms with Gasteiger partial charge in [-0.25, -0.2) is 9.69 Å². The second kappa shape index (κ2) is 7.86. The van der Waals surface area contributed by atoms with Crippen LogP contribution in [0, 0.1) is 18.3 Å². The first-order valence-electron chi connectivity index (χ1n) is 10.5. The highest BCUT2D eigenvalue weighted by molar-refractivity contribution is 6.06. The van der Waals surface area contributed by atoms with Crippen LogP contribution in [0.15, 0.2) is 47.7 Å². The topological polar surface area (TPSA) is 76.2 Å². The summed E-state index contributed by atoms with van der Waals surface area (Å²) in [4.78, 5) is 41.2. The number of likely N-dealkylation sites (tertiary alicyclic amines) is 1. The Balaban J connectivity index is 1.66. The zero-order valence-corrected chi connectivity index (χ0v) is 18.6. The van der Waals surface area contributed by atoms with E-state index in [9.17, 15) is 14.4 Å². The summed E-state index contributed by atoms with van der Waals surface area (Å²) in [5.41, 5.74) is 2.18. The molecule has 0 spiro atoms. The molecule has 1 fully saturated rings. The van der Waals surface area contributed by atoms with Crippen LogP contribution in [0.5, 0.6) is 0 Å². The van der Waals surface area contributed by atoms with Gasteiger partial charge in [0, 0.05) is 11.5 Å². The number of nitrogens with zero attached hydrogens (tertiary/aromatic N) is 2. The third-order valence-corrected chi connectivity index (χ3v) is 5.82. The van der Waals surface area contributed by atoms with Gasteiger partial charge in [-0.15, -0.1) is 6.42 Å². The highest BCUT2D eigenvalue weighted by atomic mass is 16.6. The van der Waals surface area contributed by atoms with E-state index in [2.05, 4.69) is 5.92 Å². The molecule has 2 aliphatic heterocycles. The average molecular weight is 434 g/mol. The molecule has 32 heavy (non-hydrogen) atoms. The Hall–Kier alpha value is -3.53. The number of carbonyl (C=O) groups excluding carboxylic acids is 3. The Morgan fingerprint density at radius 1 is 1.25 bits per heavy atom. The number of hydrogen-bond donors (Lipinski definition) is 0. The van der Waals surface area contributed by atoms with Crippen molar-refractivity contribution in [2.45, 2.75) is 52.0 Å². The summed E-state index contributed by atoms with van der Waals surface area (Å²) in [6.07, 6.45) is 7.67. The van der Waals surface area contributed by atoms with Crippen LogP contribution in [0.25, 0.3) is 0 Å². The van der Waals surface area contributed by atoms with E-state index < -0.39 is 29.9 Å². The molecule has 0 bridgehead atoms.